The molecule has 1 saturated carbocycles. The SMILES string of the molecule is COC(=O)[C@]1(c2ccccc2)C[C@@H]1CN(C)C. The van der Waals surface area contributed by atoms with Crippen molar-refractivity contribution in [3.05, 3.63) is 35.9 Å². The van der Waals surface area contributed by atoms with E-state index in [1.807, 2.05) is 44.4 Å². The monoisotopic (exact) mass is 233 g/mol. The van der Waals surface area contributed by atoms with Gasteiger partial charge in [-0.2, -0.15) is 0 Å². The lowest BCUT2D eigenvalue weighted by Crippen LogP contribution is -2.28. The van der Waals surface area contributed by atoms with Crippen molar-refractivity contribution in [2.24, 2.45) is 5.92 Å². The van der Waals surface area contributed by atoms with E-state index in [0.717, 1.165) is 18.5 Å². The summed E-state index contributed by atoms with van der Waals surface area (Å²) in [7, 11) is 5.54. The largest absolute Gasteiger partial charge is 0.468 e. The first-order valence-corrected chi connectivity index (χ1v) is 5.90. The van der Waals surface area contributed by atoms with E-state index < -0.39 is 5.41 Å². The van der Waals surface area contributed by atoms with Crippen LogP contribution in [-0.2, 0) is 14.9 Å². The van der Waals surface area contributed by atoms with Gasteiger partial charge in [-0.05, 0) is 32.0 Å². The van der Waals surface area contributed by atoms with Gasteiger partial charge in [-0.3, -0.25) is 4.79 Å². The van der Waals surface area contributed by atoms with E-state index in [2.05, 4.69) is 4.90 Å². The number of benzene rings is 1. The van der Waals surface area contributed by atoms with Crippen LogP contribution in [0.4, 0.5) is 0 Å². The molecule has 3 heteroatoms. The van der Waals surface area contributed by atoms with Crippen LogP contribution in [-0.4, -0.2) is 38.6 Å². The number of rotatable bonds is 4. The Morgan fingerprint density at radius 2 is 2.06 bits per heavy atom. The summed E-state index contributed by atoms with van der Waals surface area (Å²) in [6, 6.07) is 9.97. The predicted octanol–water partition coefficient (Wildman–Crippen LogP) is 1.68. The number of methoxy groups -OCH3 is 1. The van der Waals surface area contributed by atoms with Crippen molar-refractivity contribution in [1.29, 1.82) is 0 Å². The van der Waals surface area contributed by atoms with Gasteiger partial charge in [-0.15, -0.1) is 0 Å². The second-order valence-electron chi connectivity index (χ2n) is 4.99. The van der Waals surface area contributed by atoms with Crippen LogP contribution in [0, 0.1) is 5.92 Å². The predicted molar refractivity (Wildman–Crippen MR) is 66.8 cm³/mol. The molecule has 0 bridgehead atoms. The number of ether oxygens (including phenoxy) is 1. The van der Waals surface area contributed by atoms with Crippen molar-refractivity contribution in [3.63, 3.8) is 0 Å². The summed E-state index contributed by atoms with van der Waals surface area (Å²) >= 11 is 0. The molecule has 17 heavy (non-hydrogen) atoms. The molecule has 0 aromatic heterocycles. The van der Waals surface area contributed by atoms with Gasteiger partial charge < -0.3 is 9.64 Å². The third-order valence-corrected chi connectivity index (χ3v) is 3.53. The fourth-order valence-corrected chi connectivity index (χ4v) is 2.63. The van der Waals surface area contributed by atoms with E-state index in [1.165, 1.54) is 7.11 Å². The lowest BCUT2D eigenvalue weighted by atomic mass is 9.93. The Labute approximate surface area is 102 Å². The van der Waals surface area contributed by atoms with Crippen LogP contribution in [0.15, 0.2) is 30.3 Å². The molecule has 0 radical (unpaired) electrons. The van der Waals surface area contributed by atoms with Crippen LogP contribution in [0.5, 0.6) is 0 Å². The van der Waals surface area contributed by atoms with Gasteiger partial charge in [0, 0.05) is 6.54 Å². The average Bonchev–Trinajstić information content (AvgIpc) is 3.03. The summed E-state index contributed by atoms with van der Waals surface area (Å²) in [5, 5.41) is 0. The topological polar surface area (TPSA) is 29.5 Å². The molecular weight excluding hydrogens is 214 g/mol. The highest BCUT2D eigenvalue weighted by atomic mass is 16.5. The molecule has 1 fully saturated rings. The highest BCUT2D eigenvalue weighted by Gasteiger charge is 2.61. The van der Waals surface area contributed by atoms with Gasteiger partial charge in [0.05, 0.1) is 12.5 Å². The van der Waals surface area contributed by atoms with Crippen molar-refractivity contribution in [2.45, 2.75) is 11.8 Å². The van der Waals surface area contributed by atoms with Crippen molar-refractivity contribution >= 4 is 5.97 Å². The fourth-order valence-electron chi connectivity index (χ4n) is 2.63. The second kappa shape index (κ2) is 4.49. The molecule has 0 saturated heterocycles. The molecule has 0 spiro atoms. The van der Waals surface area contributed by atoms with Gasteiger partial charge in [0.25, 0.3) is 0 Å². The molecule has 1 aliphatic carbocycles. The zero-order valence-corrected chi connectivity index (χ0v) is 10.6. The molecule has 0 N–H and O–H groups in total. The van der Waals surface area contributed by atoms with E-state index in [4.69, 9.17) is 4.74 Å². The Bertz CT molecular complexity index is 402. The summed E-state index contributed by atoms with van der Waals surface area (Å²) < 4.78 is 4.99. The first kappa shape index (κ1) is 12.1. The fraction of sp³-hybridized carbons (Fsp3) is 0.500. The van der Waals surface area contributed by atoms with Gasteiger partial charge in [-0.1, -0.05) is 30.3 Å². The first-order valence-electron chi connectivity index (χ1n) is 5.90. The minimum absolute atomic E-state index is 0.101. The molecule has 0 aliphatic heterocycles. The molecule has 1 aliphatic rings. The molecule has 2 atom stereocenters. The number of nitrogens with zero attached hydrogens (tertiary/aromatic N) is 1. The molecule has 2 rings (SSSR count). The maximum atomic E-state index is 12.0. The number of carbonyl (C=O) groups excluding carboxylic acids is 1. The third-order valence-electron chi connectivity index (χ3n) is 3.53. The van der Waals surface area contributed by atoms with E-state index in [9.17, 15) is 4.79 Å². The Balaban J connectivity index is 2.26. The van der Waals surface area contributed by atoms with Crippen molar-refractivity contribution in [1.82, 2.24) is 4.90 Å². The molecule has 1 aromatic carbocycles. The number of carbonyl (C=O) groups is 1. The van der Waals surface area contributed by atoms with Crippen LogP contribution >= 0.6 is 0 Å². The minimum Gasteiger partial charge on any atom is -0.468 e. The van der Waals surface area contributed by atoms with Crippen LogP contribution in [0.2, 0.25) is 0 Å². The lowest BCUT2D eigenvalue weighted by molar-refractivity contribution is -0.144. The van der Waals surface area contributed by atoms with E-state index in [1.54, 1.807) is 0 Å². The minimum atomic E-state index is -0.402. The molecule has 0 amide bonds. The van der Waals surface area contributed by atoms with Gasteiger partial charge in [0.2, 0.25) is 0 Å². The van der Waals surface area contributed by atoms with Crippen molar-refractivity contribution < 1.29 is 9.53 Å². The van der Waals surface area contributed by atoms with Crippen LogP contribution in [0.25, 0.3) is 0 Å². The molecule has 3 nitrogen and oxygen atoms in total. The Morgan fingerprint density at radius 1 is 1.41 bits per heavy atom. The van der Waals surface area contributed by atoms with Crippen molar-refractivity contribution in [2.75, 3.05) is 27.7 Å². The summed E-state index contributed by atoms with van der Waals surface area (Å²) in [4.78, 5) is 14.2. The number of hydrogen-bond acceptors (Lipinski definition) is 3. The second-order valence-corrected chi connectivity index (χ2v) is 4.99. The summed E-state index contributed by atoms with van der Waals surface area (Å²) in [6.07, 6.45) is 0.891. The molecule has 0 unspecified atom stereocenters. The van der Waals surface area contributed by atoms with Crippen molar-refractivity contribution in [3.8, 4) is 0 Å². The Kier molecular flexibility index (Phi) is 3.20. The summed E-state index contributed by atoms with van der Waals surface area (Å²) in [5.41, 5.74) is 0.680. The van der Waals surface area contributed by atoms with E-state index in [-0.39, 0.29) is 5.97 Å². The highest BCUT2D eigenvalue weighted by molar-refractivity contribution is 5.87. The highest BCUT2D eigenvalue weighted by Crippen LogP contribution is 2.55. The third kappa shape index (κ3) is 2.07. The zero-order valence-electron chi connectivity index (χ0n) is 10.6. The average molecular weight is 233 g/mol. The van der Waals surface area contributed by atoms with E-state index >= 15 is 0 Å². The first-order chi connectivity index (χ1) is 8.11. The van der Waals surface area contributed by atoms with Crippen LogP contribution in [0.3, 0.4) is 0 Å². The maximum absolute atomic E-state index is 12.0. The Morgan fingerprint density at radius 3 is 2.59 bits per heavy atom. The molecule has 92 valence electrons. The quantitative estimate of drug-likeness (QED) is 0.741. The summed E-state index contributed by atoms with van der Waals surface area (Å²) in [5.74, 6) is 0.267. The smallest absolute Gasteiger partial charge is 0.316 e. The van der Waals surface area contributed by atoms with Gasteiger partial charge in [-0.25, -0.2) is 0 Å². The lowest BCUT2D eigenvalue weighted by Gasteiger charge is -2.17. The molecule has 0 heterocycles. The summed E-state index contributed by atoms with van der Waals surface area (Å²) in [6.45, 7) is 0.921. The number of hydrogen-bond donors (Lipinski definition) is 0. The van der Waals surface area contributed by atoms with Gasteiger partial charge in [0.15, 0.2) is 0 Å². The molecule has 1 aromatic rings. The standard InChI is InChI=1S/C14H19NO2/c1-15(2)10-12-9-14(12,13(16)17-3)11-7-5-4-6-8-11/h4-8,12H,9-10H2,1-3H3/t12-,14+/m1/s1. The number of esters is 1. The Hall–Kier alpha value is -1.35. The van der Waals surface area contributed by atoms with Gasteiger partial charge in [0.1, 0.15) is 0 Å². The van der Waals surface area contributed by atoms with Gasteiger partial charge >= 0.3 is 5.97 Å². The zero-order chi connectivity index (χ0) is 12.5. The normalized spacial score (nSPS) is 26.9. The maximum Gasteiger partial charge on any atom is 0.316 e. The van der Waals surface area contributed by atoms with Crippen LogP contribution < -0.4 is 0 Å². The molecular formula is C14H19NO2. The van der Waals surface area contributed by atoms with E-state index in [0.29, 0.717) is 5.92 Å². The van der Waals surface area contributed by atoms with Crippen LogP contribution in [0.1, 0.15) is 12.0 Å².